The Bertz CT molecular complexity index is 905. The van der Waals surface area contributed by atoms with Gasteiger partial charge in [0, 0.05) is 11.3 Å². The average Bonchev–Trinajstić information content (AvgIpc) is 3.05. The molecule has 0 aliphatic rings. The number of thioether (sulfide) groups is 1. The third-order valence-corrected chi connectivity index (χ3v) is 5.51. The van der Waals surface area contributed by atoms with Gasteiger partial charge in [0.15, 0.2) is 10.2 Å². The highest BCUT2D eigenvalue weighted by atomic mass is 32.2. The summed E-state index contributed by atoms with van der Waals surface area (Å²) >= 11 is 2.74. The van der Waals surface area contributed by atoms with Crippen molar-refractivity contribution in [2.75, 3.05) is 11.1 Å². The number of nitrogens with one attached hydrogen (secondary N) is 1. The van der Waals surface area contributed by atoms with Crippen molar-refractivity contribution in [3.05, 3.63) is 59.2 Å². The molecular formula is C19H19N3OS2. The second-order valence-corrected chi connectivity index (χ2v) is 7.88. The first-order valence-corrected chi connectivity index (χ1v) is 9.68. The lowest BCUT2D eigenvalue weighted by Gasteiger charge is -2.08. The molecule has 0 aliphatic heterocycles. The number of hydrogen-bond donors (Lipinski definition) is 1. The summed E-state index contributed by atoms with van der Waals surface area (Å²) in [6, 6.07) is 14.1. The van der Waals surface area contributed by atoms with Crippen molar-refractivity contribution in [3.63, 3.8) is 0 Å². The zero-order valence-corrected chi connectivity index (χ0v) is 16.0. The predicted octanol–water partition coefficient (Wildman–Crippen LogP) is 4.86. The van der Waals surface area contributed by atoms with E-state index in [1.165, 1.54) is 28.9 Å². The molecule has 0 atom stereocenters. The summed E-state index contributed by atoms with van der Waals surface area (Å²) in [7, 11) is 0. The van der Waals surface area contributed by atoms with E-state index in [2.05, 4.69) is 20.7 Å². The van der Waals surface area contributed by atoms with Gasteiger partial charge in [-0.25, -0.2) is 4.98 Å². The molecule has 0 radical (unpaired) electrons. The van der Waals surface area contributed by atoms with Crippen molar-refractivity contribution in [2.24, 2.45) is 0 Å². The number of aromatic nitrogens is 2. The molecule has 0 saturated heterocycles. The van der Waals surface area contributed by atoms with Crippen molar-refractivity contribution in [1.82, 2.24) is 9.36 Å². The molecular weight excluding hydrogens is 350 g/mol. The Morgan fingerprint density at radius 2 is 1.92 bits per heavy atom. The van der Waals surface area contributed by atoms with E-state index in [-0.39, 0.29) is 5.91 Å². The van der Waals surface area contributed by atoms with E-state index < -0.39 is 0 Å². The number of aryl methyl sites for hydroxylation is 3. The summed E-state index contributed by atoms with van der Waals surface area (Å²) in [5.74, 6) is 0.993. The first-order valence-electron chi connectivity index (χ1n) is 7.92. The van der Waals surface area contributed by atoms with Crippen LogP contribution in [-0.2, 0) is 4.79 Å². The average molecular weight is 370 g/mol. The van der Waals surface area contributed by atoms with Crippen molar-refractivity contribution < 1.29 is 4.79 Å². The van der Waals surface area contributed by atoms with Crippen LogP contribution in [0, 0.1) is 20.8 Å². The van der Waals surface area contributed by atoms with E-state index in [4.69, 9.17) is 0 Å². The largest absolute Gasteiger partial charge is 0.325 e. The van der Waals surface area contributed by atoms with Gasteiger partial charge in [-0.05, 0) is 55.6 Å². The standard InChI is InChI=1S/C19H19N3OS2/c1-12-5-4-6-15(9-12)18-21-19(25-22-18)24-11-17(23)20-16-10-13(2)7-8-14(16)3/h4-10H,11H2,1-3H3,(H,20,23). The molecule has 0 aliphatic carbocycles. The van der Waals surface area contributed by atoms with Crippen molar-refractivity contribution in [1.29, 1.82) is 0 Å². The second kappa shape index (κ2) is 7.80. The molecule has 0 fully saturated rings. The van der Waals surface area contributed by atoms with Crippen LogP contribution in [0.1, 0.15) is 16.7 Å². The number of amides is 1. The molecule has 1 heterocycles. The summed E-state index contributed by atoms with van der Waals surface area (Å²) in [5.41, 5.74) is 5.22. The van der Waals surface area contributed by atoms with Crippen LogP contribution in [-0.4, -0.2) is 21.0 Å². The van der Waals surface area contributed by atoms with Crippen LogP contribution >= 0.6 is 23.3 Å². The highest BCUT2D eigenvalue weighted by molar-refractivity contribution is 8.01. The maximum Gasteiger partial charge on any atom is 0.234 e. The SMILES string of the molecule is Cc1cccc(-c2nsc(SCC(=O)Nc3cc(C)ccc3C)n2)c1. The zero-order chi connectivity index (χ0) is 17.8. The lowest BCUT2D eigenvalue weighted by molar-refractivity contribution is -0.113. The fourth-order valence-corrected chi connectivity index (χ4v) is 3.77. The first kappa shape index (κ1) is 17.6. The van der Waals surface area contributed by atoms with Gasteiger partial charge in [0.25, 0.3) is 0 Å². The van der Waals surface area contributed by atoms with Gasteiger partial charge in [-0.2, -0.15) is 4.37 Å². The number of rotatable bonds is 5. The molecule has 0 bridgehead atoms. The van der Waals surface area contributed by atoms with Gasteiger partial charge < -0.3 is 5.32 Å². The minimum atomic E-state index is -0.0361. The van der Waals surface area contributed by atoms with Gasteiger partial charge in [-0.15, -0.1) is 0 Å². The topological polar surface area (TPSA) is 54.9 Å². The Labute approximate surface area is 155 Å². The van der Waals surface area contributed by atoms with Crippen LogP contribution in [0.5, 0.6) is 0 Å². The molecule has 3 aromatic rings. The number of carbonyl (C=O) groups excluding carboxylic acids is 1. The van der Waals surface area contributed by atoms with E-state index in [0.29, 0.717) is 11.6 Å². The van der Waals surface area contributed by atoms with Crippen LogP contribution < -0.4 is 5.32 Å². The van der Waals surface area contributed by atoms with E-state index in [1.54, 1.807) is 0 Å². The van der Waals surface area contributed by atoms with Crippen molar-refractivity contribution >= 4 is 34.9 Å². The van der Waals surface area contributed by atoms with Gasteiger partial charge in [0.1, 0.15) is 0 Å². The number of benzene rings is 2. The van der Waals surface area contributed by atoms with Crippen molar-refractivity contribution in [2.45, 2.75) is 25.1 Å². The third-order valence-electron chi connectivity index (χ3n) is 3.68. The maximum absolute atomic E-state index is 12.2. The monoisotopic (exact) mass is 369 g/mol. The fraction of sp³-hybridized carbons (Fsp3) is 0.211. The highest BCUT2D eigenvalue weighted by Gasteiger charge is 2.10. The van der Waals surface area contributed by atoms with E-state index in [1.807, 2.05) is 57.2 Å². The second-order valence-electron chi connectivity index (χ2n) is 5.91. The van der Waals surface area contributed by atoms with Gasteiger partial charge in [0.05, 0.1) is 5.75 Å². The molecule has 2 aromatic carbocycles. The summed E-state index contributed by atoms with van der Waals surface area (Å²) in [6.45, 7) is 6.04. The molecule has 4 nitrogen and oxygen atoms in total. The number of hydrogen-bond acceptors (Lipinski definition) is 5. The minimum absolute atomic E-state index is 0.0361. The zero-order valence-electron chi connectivity index (χ0n) is 14.4. The predicted molar refractivity (Wildman–Crippen MR) is 105 cm³/mol. The van der Waals surface area contributed by atoms with Crippen LogP contribution in [0.2, 0.25) is 0 Å². The molecule has 3 rings (SSSR count). The van der Waals surface area contributed by atoms with E-state index in [0.717, 1.165) is 26.7 Å². The summed E-state index contributed by atoms with van der Waals surface area (Å²) in [5, 5.41) is 2.96. The Kier molecular flexibility index (Phi) is 5.50. The number of nitrogens with zero attached hydrogens (tertiary/aromatic N) is 2. The van der Waals surface area contributed by atoms with Crippen LogP contribution in [0.15, 0.2) is 46.8 Å². The fourth-order valence-electron chi connectivity index (χ4n) is 2.35. The highest BCUT2D eigenvalue weighted by Crippen LogP contribution is 2.26. The van der Waals surface area contributed by atoms with E-state index in [9.17, 15) is 4.79 Å². The molecule has 0 unspecified atom stereocenters. The lowest BCUT2D eigenvalue weighted by Crippen LogP contribution is -2.14. The maximum atomic E-state index is 12.2. The molecule has 0 spiro atoms. The molecule has 25 heavy (non-hydrogen) atoms. The Balaban J connectivity index is 1.60. The summed E-state index contributed by atoms with van der Waals surface area (Å²) < 4.78 is 5.19. The number of carbonyl (C=O) groups is 1. The molecule has 1 N–H and O–H groups in total. The number of anilines is 1. The lowest BCUT2D eigenvalue weighted by atomic mass is 10.1. The summed E-state index contributed by atoms with van der Waals surface area (Å²) in [6.07, 6.45) is 0. The minimum Gasteiger partial charge on any atom is -0.325 e. The molecule has 1 aromatic heterocycles. The smallest absolute Gasteiger partial charge is 0.234 e. The Morgan fingerprint density at radius 1 is 1.12 bits per heavy atom. The Hall–Kier alpha value is -2.18. The summed E-state index contributed by atoms with van der Waals surface area (Å²) in [4.78, 5) is 16.7. The Morgan fingerprint density at radius 3 is 2.72 bits per heavy atom. The van der Waals surface area contributed by atoms with Crippen molar-refractivity contribution in [3.8, 4) is 11.4 Å². The van der Waals surface area contributed by atoms with Gasteiger partial charge in [0.2, 0.25) is 5.91 Å². The molecule has 128 valence electrons. The molecule has 6 heteroatoms. The van der Waals surface area contributed by atoms with Crippen LogP contribution in [0.4, 0.5) is 5.69 Å². The van der Waals surface area contributed by atoms with Gasteiger partial charge in [-0.3, -0.25) is 4.79 Å². The molecule has 1 amide bonds. The van der Waals surface area contributed by atoms with Gasteiger partial charge >= 0.3 is 0 Å². The van der Waals surface area contributed by atoms with Crippen LogP contribution in [0.3, 0.4) is 0 Å². The first-order chi connectivity index (χ1) is 12.0. The van der Waals surface area contributed by atoms with E-state index >= 15 is 0 Å². The quantitative estimate of drug-likeness (QED) is 0.653. The third kappa shape index (κ3) is 4.67. The molecule has 0 saturated carbocycles. The van der Waals surface area contributed by atoms with Gasteiger partial charge in [-0.1, -0.05) is 47.7 Å². The normalized spacial score (nSPS) is 10.7. The van der Waals surface area contributed by atoms with Crippen LogP contribution in [0.25, 0.3) is 11.4 Å².